The van der Waals surface area contributed by atoms with Crippen molar-refractivity contribution in [2.24, 2.45) is 0 Å². The number of hydrogen-bond donors (Lipinski definition) is 2. The predicted molar refractivity (Wildman–Crippen MR) is 85.3 cm³/mol. The maximum atomic E-state index is 12.4. The van der Waals surface area contributed by atoms with Crippen LogP contribution in [0.4, 0.5) is 24.7 Å². The zero-order chi connectivity index (χ0) is 17.3. The van der Waals surface area contributed by atoms with Gasteiger partial charge in [0.1, 0.15) is 12.2 Å². The number of nitrogens with one attached hydrogen (secondary N) is 2. The fourth-order valence-electron chi connectivity index (χ4n) is 3.19. The van der Waals surface area contributed by atoms with Gasteiger partial charge in [-0.25, -0.2) is 4.98 Å². The molecule has 2 N–H and O–H groups in total. The van der Waals surface area contributed by atoms with E-state index in [9.17, 15) is 18.0 Å². The molecule has 132 valence electrons. The van der Waals surface area contributed by atoms with E-state index in [2.05, 4.69) is 15.6 Å². The van der Waals surface area contributed by atoms with Gasteiger partial charge in [0, 0.05) is 31.2 Å². The van der Waals surface area contributed by atoms with E-state index in [-0.39, 0.29) is 12.6 Å². The minimum Gasteiger partial charge on any atom is -0.379 e. The van der Waals surface area contributed by atoms with Crippen LogP contribution in [0.15, 0.2) is 6.20 Å². The number of hydrogen-bond acceptors (Lipinski definition) is 4. The van der Waals surface area contributed by atoms with Crippen molar-refractivity contribution >= 4 is 29.0 Å². The van der Waals surface area contributed by atoms with Crippen molar-refractivity contribution < 1.29 is 18.0 Å². The molecule has 0 bridgehead atoms. The van der Waals surface area contributed by atoms with Crippen molar-refractivity contribution in [3.05, 3.63) is 16.8 Å². The van der Waals surface area contributed by atoms with Gasteiger partial charge in [-0.05, 0) is 19.3 Å². The first kappa shape index (κ1) is 17.1. The lowest BCUT2D eigenvalue weighted by Crippen LogP contribution is -2.46. The van der Waals surface area contributed by atoms with Crippen LogP contribution in [0.3, 0.4) is 0 Å². The summed E-state index contributed by atoms with van der Waals surface area (Å²) in [6.45, 7) is 1.38. The molecular weight excluding hydrogens is 345 g/mol. The Morgan fingerprint density at radius 2 is 2.29 bits per heavy atom. The molecule has 9 heteroatoms. The van der Waals surface area contributed by atoms with Crippen LogP contribution < -0.4 is 10.6 Å². The fraction of sp³-hybridized carbons (Fsp3) is 0.600. The quantitative estimate of drug-likeness (QED) is 0.867. The molecule has 5 nitrogen and oxygen atoms in total. The van der Waals surface area contributed by atoms with E-state index in [0.29, 0.717) is 18.0 Å². The molecule has 0 spiro atoms. The highest BCUT2D eigenvalue weighted by Crippen LogP contribution is 2.34. The summed E-state index contributed by atoms with van der Waals surface area (Å²) in [7, 11) is 0. The average Bonchev–Trinajstić information content (AvgIpc) is 2.97. The number of fused-ring (bicyclic) bond motifs is 1. The van der Waals surface area contributed by atoms with E-state index in [1.54, 1.807) is 6.20 Å². The van der Waals surface area contributed by atoms with Crippen molar-refractivity contribution in [1.82, 2.24) is 9.88 Å². The smallest absolute Gasteiger partial charge is 0.379 e. The number of aromatic nitrogens is 1. The summed E-state index contributed by atoms with van der Waals surface area (Å²) in [6, 6.07) is -0.125. The monoisotopic (exact) mass is 362 g/mol. The molecule has 0 radical (unpaired) electrons. The Hall–Kier alpha value is -1.70. The zero-order valence-electron chi connectivity index (χ0n) is 12.9. The number of rotatable bonds is 3. The molecule has 1 amide bonds. The molecule has 1 aromatic rings. The number of alkyl halides is 3. The molecule has 0 aromatic carbocycles. The number of likely N-dealkylation sites (tertiary alicyclic amines) is 1. The number of halogens is 4. The minimum absolute atomic E-state index is 0.125. The first-order valence-corrected chi connectivity index (χ1v) is 8.23. The minimum atomic E-state index is -4.47. The number of anilines is 2. The third kappa shape index (κ3) is 3.85. The van der Waals surface area contributed by atoms with Gasteiger partial charge in [-0.15, -0.1) is 0 Å². The number of carbonyl (C=O) groups is 1. The van der Waals surface area contributed by atoms with E-state index < -0.39 is 18.5 Å². The largest absolute Gasteiger partial charge is 0.397 e. The van der Waals surface area contributed by atoms with Crippen LogP contribution in [0.5, 0.6) is 0 Å². The van der Waals surface area contributed by atoms with Gasteiger partial charge >= 0.3 is 6.18 Å². The van der Waals surface area contributed by atoms with Crippen molar-refractivity contribution in [2.75, 3.05) is 30.3 Å². The first-order chi connectivity index (χ1) is 11.3. The number of pyridine rings is 1. The van der Waals surface area contributed by atoms with Gasteiger partial charge in [0.15, 0.2) is 0 Å². The number of piperidine rings is 1. The highest BCUT2D eigenvalue weighted by molar-refractivity contribution is 6.33. The Morgan fingerprint density at radius 1 is 1.50 bits per heavy atom. The highest BCUT2D eigenvalue weighted by Gasteiger charge is 2.35. The van der Waals surface area contributed by atoms with E-state index in [1.165, 1.54) is 4.90 Å². The molecule has 2 aliphatic rings. The normalized spacial score (nSPS) is 20.5. The summed E-state index contributed by atoms with van der Waals surface area (Å²) in [6.07, 6.45) is -2.11. The predicted octanol–water partition coefficient (Wildman–Crippen LogP) is 3.06. The summed E-state index contributed by atoms with van der Waals surface area (Å²) < 4.78 is 37.2. The van der Waals surface area contributed by atoms with E-state index >= 15 is 0 Å². The molecule has 24 heavy (non-hydrogen) atoms. The number of nitrogens with zero attached hydrogens (tertiary/aromatic N) is 2. The number of amides is 1. The number of carbonyl (C=O) groups excluding carboxylic acids is 1. The van der Waals surface area contributed by atoms with Crippen LogP contribution in [0, 0.1) is 0 Å². The molecule has 0 aliphatic carbocycles. The van der Waals surface area contributed by atoms with E-state index in [0.717, 1.165) is 36.5 Å². The molecular formula is C15H18ClF3N4O. The molecule has 0 saturated carbocycles. The third-order valence-corrected chi connectivity index (χ3v) is 4.56. The van der Waals surface area contributed by atoms with Crippen molar-refractivity contribution in [3.8, 4) is 0 Å². The molecule has 1 unspecified atom stereocenters. The van der Waals surface area contributed by atoms with Gasteiger partial charge in [-0.2, -0.15) is 13.2 Å². The van der Waals surface area contributed by atoms with Crippen LogP contribution in [0.1, 0.15) is 24.8 Å². The van der Waals surface area contributed by atoms with Crippen LogP contribution >= 0.6 is 11.6 Å². The zero-order valence-corrected chi connectivity index (χ0v) is 13.7. The van der Waals surface area contributed by atoms with Crippen molar-refractivity contribution in [1.29, 1.82) is 0 Å². The van der Waals surface area contributed by atoms with Crippen LogP contribution in [-0.2, 0) is 11.2 Å². The van der Waals surface area contributed by atoms with Gasteiger partial charge in [-0.3, -0.25) is 4.79 Å². The molecule has 2 aliphatic heterocycles. The molecule has 3 heterocycles. The fourth-order valence-corrected chi connectivity index (χ4v) is 3.41. The second-order valence-electron chi connectivity index (χ2n) is 6.10. The first-order valence-electron chi connectivity index (χ1n) is 7.86. The standard InChI is InChI=1S/C15H18ClF3N4O/c16-11-7-21-14-10(3-4-20-14)13(11)22-9-2-1-5-23(8-9)12(24)6-15(17,18)19/h7,9H,1-6,8H2,(H2,20,21,22). The molecule has 1 atom stereocenters. The van der Waals surface area contributed by atoms with E-state index in [4.69, 9.17) is 11.6 Å². The molecule has 1 fully saturated rings. The second-order valence-corrected chi connectivity index (χ2v) is 6.51. The second kappa shape index (κ2) is 6.66. The molecule has 3 rings (SSSR count). The summed E-state index contributed by atoms with van der Waals surface area (Å²) >= 11 is 6.23. The average molecular weight is 363 g/mol. The van der Waals surface area contributed by atoms with Crippen LogP contribution in [0.25, 0.3) is 0 Å². The summed E-state index contributed by atoms with van der Waals surface area (Å²) in [4.78, 5) is 17.3. The summed E-state index contributed by atoms with van der Waals surface area (Å²) in [5, 5.41) is 6.95. The Kier molecular flexibility index (Phi) is 4.76. The van der Waals surface area contributed by atoms with Gasteiger partial charge in [0.2, 0.25) is 5.91 Å². The maximum absolute atomic E-state index is 12.4. The topological polar surface area (TPSA) is 57.3 Å². The van der Waals surface area contributed by atoms with Gasteiger partial charge in [0.25, 0.3) is 0 Å². The SMILES string of the molecule is O=C(CC(F)(F)F)N1CCCC(Nc2c(Cl)cnc3c2CCN3)C1. The lowest BCUT2D eigenvalue weighted by atomic mass is 10.0. The summed E-state index contributed by atoms with van der Waals surface area (Å²) in [5.41, 5.74) is 1.75. The highest BCUT2D eigenvalue weighted by atomic mass is 35.5. The Balaban J connectivity index is 1.68. The molecule has 1 aromatic heterocycles. The van der Waals surface area contributed by atoms with Crippen molar-refractivity contribution in [3.63, 3.8) is 0 Å². The van der Waals surface area contributed by atoms with Crippen LogP contribution in [-0.4, -0.2) is 47.6 Å². The van der Waals surface area contributed by atoms with Gasteiger partial charge in [0.05, 0.1) is 16.9 Å². The van der Waals surface area contributed by atoms with E-state index in [1.807, 2.05) is 0 Å². The molecule has 1 saturated heterocycles. The third-order valence-electron chi connectivity index (χ3n) is 4.28. The van der Waals surface area contributed by atoms with Crippen molar-refractivity contribution in [2.45, 2.75) is 37.9 Å². The van der Waals surface area contributed by atoms with Gasteiger partial charge in [-0.1, -0.05) is 11.6 Å². The lowest BCUT2D eigenvalue weighted by Gasteiger charge is -2.34. The Labute approximate surface area is 142 Å². The van der Waals surface area contributed by atoms with Gasteiger partial charge < -0.3 is 15.5 Å². The summed E-state index contributed by atoms with van der Waals surface area (Å²) in [5.74, 6) is -0.0931. The lowest BCUT2D eigenvalue weighted by molar-refractivity contribution is -0.162. The Bertz CT molecular complexity index is 638. The Morgan fingerprint density at radius 3 is 3.04 bits per heavy atom. The van der Waals surface area contributed by atoms with Crippen LogP contribution in [0.2, 0.25) is 5.02 Å². The maximum Gasteiger partial charge on any atom is 0.397 e.